The van der Waals surface area contributed by atoms with E-state index < -0.39 is 9.84 Å². The number of ketones is 1. The summed E-state index contributed by atoms with van der Waals surface area (Å²) < 4.78 is 25.2. The van der Waals surface area contributed by atoms with Crippen LogP contribution in [0.5, 0.6) is 0 Å². The molecule has 0 amide bonds. The monoisotopic (exact) mass is 444 g/mol. The van der Waals surface area contributed by atoms with E-state index in [4.69, 9.17) is 11.6 Å². The highest BCUT2D eigenvalue weighted by atomic mass is 35.5. The lowest BCUT2D eigenvalue weighted by Crippen LogP contribution is -2.22. The number of hydrogen-bond acceptors (Lipinski definition) is 3. The van der Waals surface area contributed by atoms with Gasteiger partial charge >= 0.3 is 0 Å². The molecule has 0 saturated carbocycles. The minimum absolute atomic E-state index is 0.0218. The van der Waals surface area contributed by atoms with Crippen LogP contribution in [0.15, 0.2) is 49.1 Å². The predicted molar refractivity (Wildman–Crippen MR) is 124 cm³/mol. The molecular weight excluding hydrogens is 416 g/mol. The van der Waals surface area contributed by atoms with E-state index in [0.29, 0.717) is 23.6 Å². The Morgan fingerprint density at radius 3 is 2.57 bits per heavy atom. The molecule has 2 aromatic rings. The smallest absolute Gasteiger partial charge is 0.154 e. The Labute approximate surface area is 185 Å². The van der Waals surface area contributed by atoms with E-state index in [9.17, 15) is 13.2 Å². The highest BCUT2D eigenvalue weighted by Gasteiger charge is 2.29. The summed E-state index contributed by atoms with van der Waals surface area (Å²) in [6.45, 7) is 5.81. The molecule has 3 rings (SSSR count). The van der Waals surface area contributed by atoms with Crippen LogP contribution in [0, 0.1) is 6.92 Å². The quantitative estimate of drug-likeness (QED) is 0.365. The molecule has 0 spiro atoms. The van der Waals surface area contributed by atoms with Crippen molar-refractivity contribution in [2.24, 2.45) is 0 Å². The molecule has 0 bridgehead atoms. The van der Waals surface area contributed by atoms with Crippen molar-refractivity contribution in [3.63, 3.8) is 0 Å². The van der Waals surface area contributed by atoms with Crippen molar-refractivity contribution in [2.75, 3.05) is 5.75 Å². The molecule has 0 saturated heterocycles. The SMILES string of the molecule is C=CCCCC1C(=O)CCc2cc(CCS(=O)(=O)Cc3ccc(Cl)cc3)cc(C)c21. The largest absolute Gasteiger partial charge is 0.299 e. The lowest BCUT2D eigenvalue weighted by atomic mass is 9.76. The van der Waals surface area contributed by atoms with Gasteiger partial charge in [0.25, 0.3) is 0 Å². The normalized spacial score (nSPS) is 16.3. The Hall–Kier alpha value is -1.91. The first-order chi connectivity index (χ1) is 14.3. The number of halogens is 1. The van der Waals surface area contributed by atoms with Gasteiger partial charge in [-0.25, -0.2) is 8.42 Å². The van der Waals surface area contributed by atoms with E-state index in [-0.39, 0.29) is 17.4 Å². The summed E-state index contributed by atoms with van der Waals surface area (Å²) in [6, 6.07) is 11.1. The van der Waals surface area contributed by atoms with Gasteiger partial charge in [0.1, 0.15) is 5.78 Å². The number of carbonyl (C=O) groups is 1. The van der Waals surface area contributed by atoms with Crippen LogP contribution in [-0.4, -0.2) is 20.0 Å². The number of unbranched alkanes of at least 4 members (excludes halogenated alkanes) is 1. The fraction of sp³-hybridized carbons (Fsp3) is 0.400. The molecule has 2 aromatic carbocycles. The van der Waals surface area contributed by atoms with Gasteiger partial charge in [0.05, 0.1) is 11.5 Å². The van der Waals surface area contributed by atoms with Gasteiger partial charge in [-0.3, -0.25) is 4.79 Å². The maximum atomic E-state index is 12.6. The Balaban J connectivity index is 1.72. The summed E-state index contributed by atoms with van der Waals surface area (Å²) in [5.74, 6) is 0.424. The minimum atomic E-state index is -3.22. The second kappa shape index (κ2) is 9.93. The minimum Gasteiger partial charge on any atom is -0.299 e. The third-order valence-electron chi connectivity index (χ3n) is 5.81. The van der Waals surface area contributed by atoms with Crippen LogP contribution in [0.2, 0.25) is 5.02 Å². The fourth-order valence-corrected chi connectivity index (χ4v) is 5.86. The number of hydrogen-bond donors (Lipinski definition) is 0. The summed E-state index contributed by atoms with van der Waals surface area (Å²) in [4.78, 5) is 12.5. The average Bonchev–Trinajstić information content (AvgIpc) is 2.70. The first kappa shape index (κ1) is 22.8. The lowest BCUT2D eigenvalue weighted by Gasteiger charge is -2.27. The number of rotatable bonds is 9. The Kier molecular flexibility index (Phi) is 7.54. The molecule has 0 aliphatic heterocycles. The van der Waals surface area contributed by atoms with Gasteiger partial charge in [-0.05, 0) is 79.0 Å². The van der Waals surface area contributed by atoms with Crippen LogP contribution < -0.4 is 0 Å². The van der Waals surface area contributed by atoms with Crippen LogP contribution in [0.1, 0.15) is 59.4 Å². The van der Waals surface area contributed by atoms with Crippen LogP contribution in [-0.2, 0) is 33.2 Å². The predicted octanol–water partition coefficient (Wildman–Crippen LogP) is 5.76. The Bertz CT molecular complexity index is 1020. The van der Waals surface area contributed by atoms with E-state index in [2.05, 4.69) is 18.7 Å². The Morgan fingerprint density at radius 2 is 1.87 bits per heavy atom. The number of Topliss-reactive ketones (excluding diaryl/α,β-unsaturated/α-hetero) is 1. The zero-order valence-corrected chi connectivity index (χ0v) is 19.1. The topological polar surface area (TPSA) is 51.2 Å². The molecule has 1 atom stereocenters. The van der Waals surface area contributed by atoms with E-state index in [1.165, 1.54) is 11.1 Å². The van der Waals surface area contributed by atoms with Crippen LogP contribution >= 0.6 is 11.6 Å². The number of aryl methyl sites for hydroxylation is 3. The highest BCUT2D eigenvalue weighted by molar-refractivity contribution is 7.90. The maximum Gasteiger partial charge on any atom is 0.154 e. The molecule has 1 aliphatic rings. The van der Waals surface area contributed by atoms with Crippen molar-refractivity contribution in [1.29, 1.82) is 0 Å². The van der Waals surface area contributed by atoms with Crippen LogP contribution in [0.3, 0.4) is 0 Å². The highest BCUT2D eigenvalue weighted by Crippen LogP contribution is 2.36. The molecule has 0 radical (unpaired) electrons. The third-order valence-corrected chi connectivity index (χ3v) is 7.66. The summed E-state index contributed by atoms with van der Waals surface area (Å²) in [6.07, 6.45) is 6.44. The van der Waals surface area contributed by atoms with Crippen LogP contribution in [0.4, 0.5) is 0 Å². The number of fused-ring (bicyclic) bond motifs is 1. The molecule has 30 heavy (non-hydrogen) atoms. The van der Waals surface area contributed by atoms with Crippen molar-refractivity contribution in [1.82, 2.24) is 0 Å². The van der Waals surface area contributed by atoms with Crippen LogP contribution in [0.25, 0.3) is 0 Å². The van der Waals surface area contributed by atoms with E-state index in [1.807, 2.05) is 13.0 Å². The molecule has 5 heteroatoms. The van der Waals surface area contributed by atoms with E-state index >= 15 is 0 Å². The summed E-state index contributed by atoms with van der Waals surface area (Å²) in [7, 11) is -3.22. The number of carbonyl (C=O) groups excluding carboxylic acids is 1. The molecule has 0 aromatic heterocycles. The van der Waals surface area contributed by atoms with Crippen molar-refractivity contribution in [3.8, 4) is 0 Å². The van der Waals surface area contributed by atoms with Gasteiger partial charge in [-0.2, -0.15) is 0 Å². The number of allylic oxidation sites excluding steroid dienone is 1. The summed E-state index contributed by atoms with van der Waals surface area (Å²) in [5.41, 5.74) is 5.27. The molecule has 0 N–H and O–H groups in total. The summed E-state index contributed by atoms with van der Waals surface area (Å²) in [5, 5.41) is 0.599. The first-order valence-corrected chi connectivity index (χ1v) is 12.7. The molecule has 160 valence electrons. The van der Waals surface area contributed by atoms with E-state index in [0.717, 1.165) is 42.4 Å². The maximum absolute atomic E-state index is 12.6. The third kappa shape index (κ3) is 5.83. The van der Waals surface area contributed by atoms with Crippen molar-refractivity contribution in [3.05, 3.63) is 81.9 Å². The van der Waals surface area contributed by atoms with Gasteiger partial charge in [-0.1, -0.05) is 41.9 Å². The molecule has 1 aliphatic carbocycles. The van der Waals surface area contributed by atoms with Gasteiger partial charge in [0, 0.05) is 17.4 Å². The zero-order valence-electron chi connectivity index (χ0n) is 17.5. The van der Waals surface area contributed by atoms with Crippen molar-refractivity contribution in [2.45, 2.75) is 57.1 Å². The van der Waals surface area contributed by atoms with Gasteiger partial charge in [-0.15, -0.1) is 6.58 Å². The molecule has 0 fully saturated rings. The molecular formula is C25H29ClO3S. The number of sulfone groups is 1. The first-order valence-electron chi connectivity index (χ1n) is 10.5. The average molecular weight is 445 g/mol. The van der Waals surface area contributed by atoms with Gasteiger partial charge < -0.3 is 0 Å². The fourth-order valence-electron chi connectivity index (χ4n) is 4.35. The zero-order chi connectivity index (χ0) is 21.7. The summed E-state index contributed by atoms with van der Waals surface area (Å²) >= 11 is 5.88. The standard InChI is InChI=1S/C25H29ClO3S/c1-3-4-5-6-23-24(27)12-9-21-16-20(15-18(2)25(21)23)13-14-30(28,29)17-19-7-10-22(26)11-8-19/h3,7-8,10-11,15-16,23H,1,4-6,9,12-14,17H2,2H3. The Morgan fingerprint density at radius 1 is 1.13 bits per heavy atom. The molecule has 1 unspecified atom stereocenters. The second-order valence-corrected chi connectivity index (χ2v) is 10.8. The molecule has 3 nitrogen and oxygen atoms in total. The lowest BCUT2D eigenvalue weighted by molar-refractivity contribution is -0.121. The van der Waals surface area contributed by atoms with E-state index in [1.54, 1.807) is 24.3 Å². The number of benzene rings is 2. The second-order valence-electron chi connectivity index (χ2n) is 8.19. The van der Waals surface area contributed by atoms with Crippen molar-refractivity contribution >= 4 is 27.2 Å². The molecule has 0 heterocycles. The van der Waals surface area contributed by atoms with Crippen molar-refractivity contribution < 1.29 is 13.2 Å². The van der Waals surface area contributed by atoms with Gasteiger partial charge in [0.2, 0.25) is 0 Å². The van der Waals surface area contributed by atoms with Gasteiger partial charge in [0.15, 0.2) is 9.84 Å².